The summed E-state index contributed by atoms with van der Waals surface area (Å²) >= 11 is 0. The van der Waals surface area contributed by atoms with E-state index in [1.807, 2.05) is 12.1 Å². The molecular weight excluding hydrogens is 208 g/mol. The van der Waals surface area contributed by atoms with Crippen molar-refractivity contribution in [3.63, 3.8) is 0 Å². The Morgan fingerprint density at radius 2 is 1.76 bits per heavy atom. The van der Waals surface area contributed by atoms with Crippen LogP contribution in [0.1, 0.15) is 67.8 Å². The normalized spacial score (nSPS) is 15.9. The average molecular weight is 230 g/mol. The van der Waals surface area contributed by atoms with Gasteiger partial charge in [0, 0.05) is 11.5 Å². The lowest BCUT2D eigenvalue weighted by Gasteiger charge is -2.25. The predicted octanol–water partition coefficient (Wildman–Crippen LogP) is 4.57. The molecule has 1 aromatic carbocycles. The van der Waals surface area contributed by atoms with Crippen LogP contribution in [0.25, 0.3) is 0 Å². The Labute approximate surface area is 104 Å². The number of carbonyl (C=O) groups is 1. The van der Waals surface area contributed by atoms with Crippen LogP contribution < -0.4 is 0 Å². The molecule has 0 heterocycles. The Morgan fingerprint density at radius 1 is 1.18 bits per heavy atom. The molecular formula is C16H22O. The first-order valence-electron chi connectivity index (χ1n) is 6.90. The fraction of sp³-hybridized carbons (Fsp3) is 0.562. The molecule has 1 aliphatic rings. The lowest BCUT2D eigenvalue weighted by atomic mass is 9.79. The lowest BCUT2D eigenvalue weighted by molar-refractivity contribution is 0.0913. The van der Waals surface area contributed by atoms with Crippen molar-refractivity contribution >= 4 is 5.78 Å². The second-order valence-corrected chi connectivity index (χ2v) is 5.13. The number of carbonyl (C=O) groups excluding carboxylic acids is 1. The monoisotopic (exact) mass is 230 g/mol. The largest absolute Gasteiger partial charge is 0.294 e. The second-order valence-electron chi connectivity index (χ2n) is 5.13. The van der Waals surface area contributed by atoms with Gasteiger partial charge in [-0.3, -0.25) is 4.79 Å². The molecule has 1 aliphatic carbocycles. The van der Waals surface area contributed by atoms with E-state index in [0.717, 1.165) is 24.3 Å². The fourth-order valence-electron chi connectivity index (χ4n) is 2.56. The Morgan fingerprint density at radius 3 is 2.18 bits per heavy atom. The third-order valence-corrected chi connectivity index (χ3v) is 4.13. The van der Waals surface area contributed by atoms with E-state index in [9.17, 15) is 4.79 Å². The number of hydrogen-bond donors (Lipinski definition) is 0. The van der Waals surface area contributed by atoms with Crippen LogP contribution in [0, 0.1) is 5.92 Å². The zero-order valence-electron chi connectivity index (χ0n) is 10.9. The van der Waals surface area contributed by atoms with Crippen molar-refractivity contribution in [1.82, 2.24) is 0 Å². The van der Waals surface area contributed by atoms with Crippen LogP contribution >= 0.6 is 0 Å². The van der Waals surface area contributed by atoms with Crippen molar-refractivity contribution in [3.05, 3.63) is 35.4 Å². The van der Waals surface area contributed by atoms with Crippen LogP contribution in [0.4, 0.5) is 0 Å². The molecule has 0 unspecified atom stereocenters. The summed E-state index contributed by atoms with van der Waals surface area (Å²) in [6.45, 7) is 4.18. The maximum atomic E-state index is 12.2. The Kier molecular flexibility index (Phi) is 3.98. The van der Waals surface area contributed by atoms with E-state index >= 15 is 0 Å². The lowest BCUT2D eigenvalue weighted by Crippen LogP contribution is -2.13. The van der Waals surface area contributed by atoms with Gasteiger partial charge in [0.2, 0.25) is 0 Å². The SMILES string of the molecule is CCC(CC)C(=O)c1ccc(C2CCC2)cc1. The van der Waals surface area contributed by atoms with Gasteiger partial charge in [-0.05, 0) is 37.2 Å². The molecule has 17 heavy (non-hydrogen) atoms. The van der Waals surface area contributed by atoms with Gasteiger partial charge in [-0.2, -0.15) is 0 Å². The highest BCUT2D eigenvalue weighted by molar-refractivity contribution is 5.97. The number of ketones is 1. The van der Waals surface area contributed by atoms with Crippen molar-refractivity contribution in [1.29, 1.82) is 0 Å². The number of Topliss-reactive ketones (excluding diaryl/α,β-unsaturated/α-hetero) is 1. The van der Waals surface area contributed by atoms with Gasteiger partial charge in [0.15, 0.2) is 5.78 Å². The highest BCUT2D eigenvalue weighted by Gasteiger charge is 2.20. The maximum absolute atomic E-state index is 12.2. The summed E-state index contributed by atoms with van der Waals surface area (Å²) in [5.41, 5.74) is 2.30. The second kappa shape index (κ2) is 5.48. The summed E-state index contributed by atoms with van der Waals surface area (Å²) in [5, 5.41) is 0. The summed E-state index contributed by atoms with van der Waals surface area (Å²) in [6, 6.07) is 8.35. The number of rotatable bonds is 5. The van der Waals surface area contributed by atoms with Crippen molar-refractivity contribution in [2.45, 2.75) is 51.9 Å². The van der Waals surface area contributed by atoms with Crippen molar-refractivity contribution < 1.29 is 4.79 Å². The Balaban J connectivity index is 2.08. The molecule has 0 atom stereocenters. The molecule has 1 aromatic rings. The molecule has 1 fully saturated rings. The first-order valence-corrected chi connectivity index (χ1v) is 6.90. The van der Waals surface area contributed by atoms with Crippen molar-refractivity contribution in [2.24, 2.45) is 5.92 Å². The topological polar surface area (TPSA) is 17.1 Å². The minimum absolute atomic E-state index is 0.199. The maximum Gasteiger partial charge on any atom is 0.165 e. The van der Waals surface area contributed by atoms with E-state index in [2.05, 4.69) is 26.0 Å². The van der Waals surface area contributed by atoms with Crippen molar-refractivity contribution in [3.8, 4) is 0 Å². The minimum Gasteiger partial charge on any atom is -0.294 e. The Hall–Kier alpha value is -1.11. The van der Waals surface area contributed by atoms with Gasteiger partial charge in [0.25, 0.3) is 0 Å². The van der Waals surface area contributed by atoms with Gasteiger partial charge in [0.1, 0.15) is 0 Å². The molecule has 2 rings (SSSR count). The van der Waals surface area contributed by atoms with Gasteiger partial charge in [0.05, 0.1) is 0 Å². The molecule has 0 aliphatic heterocycles. The molecule has 0 aromatic heterocycles. The van der Waals surface area contributed by atoms with Crippen LogP contribution in [0.15, 0.2) is 24.3 Å². The molecule has 1 nitrogen and oxygen atoms in total. The summed E-state index contributed by atoms with van der Waals surface area (Å²) in [4.78, 5) is 12.2. The molecule has 92 valence electrons. The molecule has 1 heteroatoms. The molecule has 1 saturated carbocycles. The zero-order chi connectivity index (χ0) is 12.3. The first kappa shape index (κ1) is 12.3. The quantitative estimate of drug-likeness (QED) is 0.677. The third kappa shape index (κ3) is 2.59. The third-order valence-electron chi connectivity index (χ3n) is 4.13. The summed E-state index contributed by atoms with van der Waals surface area (Å²) in [6.07, 6.45) is 5.89. The standard InChI is InChI=1S/C16H22O/c1-3-12(4-2)16(17)15-10-8-14(9-11-15)13-6-5-7-13/h8-13H,3-7H2,1-2H3. The Bertz CT molecular complexity index is 369. The van der Waals surface area contributed by atoms with Crippen LogP contribution in [0.5, 0.6) is 0 Å². The summed E-state index contributed by atoms with van der Waals surface area (Å²) < 4.78 is 0. The highest BCUT2D eigenvalue weighted by atomic mass is 16.1. The molecule has 0 saturated heterocycles. The van der Waals surface area contributed by atoms with Gasteiger partial charge >= 0.3 is 0 Å². The minimum atomic E-state index is 0.199. The average Bonchev–Trinajstić information content (AvgIpc) is 2.29. The molecule has 0 radical (unpaired) electrons. The number of benzene rings is 1. The van der Waals surface area contributed by atoms with Gasteiger partial charge in [-0.25, -0.2) is 0 Å². The van der Waals surface area contributed by atoms with E-state index in [-0.39, 0.29) is 5.92 Å². The summed E-state index contributed by atoms with van der Waals surface area (Å²) in [5.74, 6) is 1.27. The van der Waals surface area contributed by atoms with Crippen LogP contribution in [0.2, 0.25) is 0 Å². The van der Waals surface area contributed by atoms with E-state index < -0.39 is 0 Å². The zero-order valence-corrected chi connectivity index (χ0v) is 10.9. The predicted molar refractivity (Wildman–Crippen MR) is 71.4 cm³/mol. The van der Waals surface area contributed by atoms with Crippen LogP contribution in [0.3, 0.4) is 0 Å². The molecule has 0 N–H and O–H groups in total. The molecule has 0 amide bonds. The molecule has 0 spiro atoms. The number of hydrogen-bond acceptors (Lipinski definition) is 1. The van der Waals surface area contributed by atoms with Gasteiger partial charge in [-0.15, -0.1) is 0 Å². The van der Waals surface area contributed by atoms with E-state index in [0.29, 0.717) is 5.78 Å². The van der Waals surface area contributed by atoms with E-state index in [1.165, 1.54) is 24.8 Å². The summed E-state index contributed by atoms with van der Waals surface area (Å²) in [7, 11) is 0. The highest BCUT2D eigenvalue weighted by Crippen LogP contribution is 2.36. The van der Waals surface area contributed by atoms with Crippen molar-refractivity contribution in [2.75, 3.05) is 0 Å². The molecule has 0 bridgehead atoms. The van der Waals surface area contributed by atoms with Gasteiger partial charge in [-0.1, -0.05) is 44.5 Å². The van der Waals surface area contributed by atoms with E-state index in [1.54, 1.807) is 0 Å². The van der Waals surface area contributed by atoms with E-state index in [4.69, 9.17) is 0 Å². The smallest absolute Gasteiger partial charge is 0.165 e. The van der Waals surface area contributed by atoms with Crippen LogP contribution in [-0.2, 0) is 0 Å². The first-order chi connectivity index (χ1) is 8.26. The van der Waals surface area contributed by atoms with Gasteiger partial charge < -0.3 is 0 Å². The fourth-order valence-corrected chi connectivity index (χ4v) is 2.56. The van der Waals surface area contributed by atoms with Crippen LogP contribution in [-0.4, -0.2) is 5.78 Å².